The van der Waals surface area contributed by atoms with Crippen LogP contribution in [0, 0.1) is 6.92 Å². The smallest absolute Gasteiger partial charge is 0.0499 e. The summed E-state index contributed by atoms with van der Waals surface area (Å²) in [6.45, 7) is 6.59. The molecule has 114 valence electrons. The molecule has 0 amide bonds. The van der Waals surface area contributed by atoms with Crippen molar-refractivity contribution in [1.29, 1.82) is 0 Å². The summed E-state index contributed by atoms with van der Waals surface area (Å²) in [5.74, 6) is 1.16. The van der Waals surface area contributed by atoms with Crippen molar-refractivity contribution in [2.75, 3.05) is 19.1 Å². The molecule has 3 unspecified atom stereocenters. The van der Waals surface area contributed by atoms with Gasteiger partial charge in [0.2, 0.25) is 0 Å². The average molecular weight is 295 g/mol. The minimum absolute atomic E-state index is 0.178. The zero-order valence-electron chi connectivity index (χ0n) is 13.6. The molecule has 1 aromatic rings. The molecular formula is C17H30N2S. The third-order valence-corrected chi connectivity index (χ3v) is 4.82. The highest BCUT2D eigenvalue weighted by molar-refractivity contribution is 7.98. The molecule has 0 heterocycles. The fourth-order valence-electron chi connectivity index (χ4n) is 2.80. The van der Waals surface area contributed by atoms with Crippen molar-refractivity contribution in [1.82, 2.24) is 4.90 Å². The minimum Gasteiger partial charge on any atom is -0.326 e. The van der Waals surface area contributed by atoms with E-state index in [9.17, 15) is 0 Å². The van der Waals surface area contributed by atoms with Gasteiger partial charge in [-0.3, -0.25) is 4.90 Å². The van der Waals surface area contributed by atoms with E-state index in [0.717, 1.165) is 18.6 Å². The number of aryl methyl sites for hydroxylation is 1. The van der Waals surface area contributed by atoms with Crippen LogP contribution in [0.25, 0.3) is 0 Å². The van der Waals surface area contributed by atoms with E-state index < -0.39 is 0 Å². The lowest BCUT2D eigenvalue weighted by atomic mass is 9.94. The van der Waals surface area contributed by atoms with Crippen molar-refractivity contribution < 1.29 is 0 Å². The Morgan fingerprint density at radius 2 is 1.95 bits per heavy atom. The van der Waals surface area contributed by atoms with Gasteiger partial charge in [-0.15, -0.1) is 0 Å². The topological polar surface area (TPSA) is 29.3 Å². The summed E-state index contributed by atoms with van der Waals surface area (Å²) in [4.78, 5) is 2.49. The van der Waals surface area contributed by atoms with Gasteiger partial charge in [0, 0.05) is 23.9 Å². The van der Waals surface area contributed by atoms with Crippen molar-refractivity contribution in [3.63, 3.8) is 0 Å². The number of likely N-dealkylation sites (N-methyl/N-ethyl adjacent to an activating group) is 1. The molecule has 0 saturated heterocycles. The Hall–Kier alpha value is -0.510. The molecule has 1 rings (SSSR count). The monoisotopic (exact) mass is 294 g/mol. The summed E-state index contributed by atoms with van der Waals surface area (Å²) in [7, 11) is 2.23. The molecule has 0 bridgehead atoms. The lowest BCUT2D eigenvalue weighted by Crippen LogP contribution is -2.44. The van der Waals surface area contributed by atoms with Crippen molar-refractivity contribution in [3.05, 3.63) is 35.4 Å². The summed E-state index contributed by atoms with van der Waals surface area (Å²) < 4.78 is 0. The molecule has 3 atom stereocenters. The maximum atomic E-state index is 6.44. The first-order valence-electron chi connectivity index (χ1n) is 7.58. The van der Waals surface area contributed by atoms with E-state index >= 15 is 0 Å². The van der Waals surface area contributed by atoms with E-state index in [1.54, 1.807) is 0 Å². The first-order chi connectivity index (χ1) is 9.54. The summed E-state index contributed by atoms with van der Waals surface area (Å²) >= 11 is 1.92. The SMILES string of the molecule is CCC(N)C(c1cccc(C)c1)N(C)C(CC)CSC. The van der Waals surface area contributed by atoms with Crippen LogP contribution in [0.2, 0.25) is 0 Å². The summed E-state index contributed by atoms with van der Waals surface area (Å²) in [5, 5.41) is 0. The van der Waals surface area contributed by atoms with E-state index in [1.807, 2.05) is 11.8 Å². The highest BCUT2D eigenvalue weighted by Gasteiger charge is 2.27. The van der Waals surface area contributed by atoms with Gasteiger partial charge in [-0.2, -0.15) is 11.8 Å². The third-order valence-electron chi connectivity index (χ3n) is 4.11. The first-order valence-corrected chi connectivity index (χ1v) is 8.97. The zero-order chi connectivity index (χ0) is 15.1. The second kappa shape index (κ2) is 8.71. The van der Waals surface area contributed by atoms with Gasteiger partial charge in [0.15, 0.2) is 0 Å². The van der Waals surface area contributed by atoms with Crippen LogP contribution in [0.5, 0.6) is 0 Å². The molecular weight excluding hydrogens is 264 g/mol. The number of rotatable bonds is 8. The van der Waals surface area contributed by atoms with Gasteiger partial charge in [-0.1, -0.05) is 43.7 Å². The van der Waals surface area contributed by atoms with Crippen molar-refractivity contribution in [3.8, 4) is 0 Å². The molecule has 2 nitrogen and oxygen atoms in total. The van der Waals surface area contributed by atoms with E-state index in [4.69, 9.17) is 5.73 Å². The fourth-order valence-corrected chi connectivity index (χ4v) is 3.66. The Labute approximate surface area is 129 Å². The zero-order valence-corrected chi connectivity index (χ0v) is 14.4. The molecule has 0 saturated carbocycles. The largest absolute Gasteiger partial charge is 0.326 e. The Bertz CT molecular complexity index is 394. The predicted octanol–water partition coefficient (Wildman–Crippen LogP) is 3.85. The van der Waals surface area contributed by atoms with Crippen molar-refractivity contribution in [2.45, 2.75) is 51.7 Å². The first kappa shape index (κ1) is 17.5. The second-order valence-corrected chi connectivity index (χ2v) is 6.52. The lowest BCUT2D eigenvalue weighted by molar-refractivity contribution is 0.157. The van der Waals surface area contributed by atoms with Gasteiger partial charge in [-0.05, 0) is 38.6 Å². The van der Waals surface area contributed by atoms with E-state index in [1.165, 1.54) is 11.1 Å². The molecule has 0 fully saturated rings. The molecule has 0 aliphatic rings. The highest BCUT2D eigenvalue weighted by Crippen LogP contribution is 2.28. The number of nitrogens with zero attached hydrogens (tertiary/aromatic N) is 1. The van der Waals surface area contributed by atoms with Crippen LogP contribution in [0.3, 0.4) is 0 Å². The molecule has 0 spiro atoms. The van der Waals surface area contributed by atoms with Crippen molar-refractivity contribution >= 4 is 11.8 Å². The Balaban J connectivity index is 3.05. The van der Waals surface area contributed by atoms with Crippen LogP contribution in [-0.2, 0) is 0 Å². The molecule has 1 aromatic carbocycles. The fraction of sp³-hybridized carbons (Fsp3) is 0.647. The van der Waals surface area contributed by atoms with E-state index in [2.05, 4.69) is 63.2 Å². The van der Waals surface area contributed by atoms with Gasteiger partial charge < -0.3 is 5.73 Å². The molecule has 0 aliphatic carbocycles. The van der Waals surface area contributed by atoms with Gasteiger partial charge in [0.05, 0.1) is 0 Å². The van der Waals surface area contributed by atoms with E-state index in [-0.39, 0.29) is 6.04 Å². The number of nitrogens with two attached hydrogens (primary N) is 1. The molecule has 2 N–H and O–H groups in total. The molecule has 20 heavy (non-hydrogen) atoms. The quantitative estimate of drug-likeness (QED) is 0.789. The van der Waals surface area contributed by atoms with Gasteiger partial charge in [0.1, 0.15) is 0 Å². The molecule has 0 aromatic heterocycles. The maximum Gasteiger partial charge on any atom is 0.0499 e. The Morgan fingerprint density at radius 3 is 2.45 bits per heavy atom. The molecule has 0 radical (unpaired) electrons. The van der Waals surface area contributed by atoms with Gasteiger partial charge in [0.25, 0.3) is 0 Å². The standard InChI is InChI=1S/C17H30N2S/c1-6-15(12-20-5)19(4)17(16(18)7-2)14-10-8-9-13(3)11-14/h8-11,15-17H,6-7,12,18H2,1-5H3. The van der Waals surface area contributed by atoms with E-state index in [0.29, 0.717) is 12.1 Å². The number of benzene rings is 1. The maximum absolute atomic E-state index is 6.44. The van der Waals surface area contributed by atoms with Crippen molar-refractivity contribution in [2.24, 2.45) is 5.73 Å². The van der Waals surface area contributed by atoms with Crippen LogP contribution < -0.4 is 5.73 Å². The Morgan fingerprint density at radius 1 is 1.25 bits per heavy atom. The second-order valence-electron chi connectivity index (χ2n) is 5.61. The normalized spacial score (nSPS) is 16.1. The van der Waals surface area contributed by atoms with Crippen LogP contribution in [0.4, 0.5) is 0 Å². The minimum atomic E-state index is 0.178. The summed E-state index contributed by atoms with van der Waals surface area (Å²) in [5.41, 5.74) is 9.10. The Kier molecular flexibility index (Phi) is 7.63. The molecule has 0 aliphatic heterocycles. The predicted molar refractivity (Wildman–Crippen MR) is 92.4 cm³/mol. The lowest BCUT2D eigenvalue weighted by Gasteiger charge is -2.38. The van der Waals surface area contributed by atoms with Crippen LogP contribution in [-0.4, -0.2) is 36.0 Å². The number of thioether (sulfide) groups is 1. The summed E-state index contributed by atoms with van der Waals surface area (Å²) in [6.07, 6.45) is 4.34. The van der Waals surface area contributed by atoms with Crippen LogP contribution in [0.15, 0.2) is 24.3 Å². The number of hydrogen-bond acceptors (Lipinski definition) is 3. The summed E-state index contributed by atoms with van der Waals surface area (Å²) in [6, 6.07) is 9.85. The highest BCUT2D eigenvalue weighted by atomic mass is 32.2. The number of hydrogen-bond donors (Lipinski definition) is 1. The van der Waals surface area contributed by atoms with Crippen LogP contribution in [0.1, 0.15) is 43.9 Å². The molecule has 3 heteroatoms. The average Bonchev–Trinajstić information content (AvgIpc) is 2.44. The van der Waals surface area contributed by atoms with Gasteiger partial charge in [-0.25, -0.2) is 0 Å². The third kappa shape index (κ3) is 4.51. The van der Waals surface area contributed by atoms with Crippen LogP contribution >= 0.6 is 11.8 Å². The van der Waals surface area contributed by atoms with Gasteiger partial charge >= 0.3 is 0 Å².